The van der Waals surface area contributed by atoms with Gasteiger partial charge in [-0.3, -0.25) is 14.8 Å². The van der Waals surface area contributed by atoms with Crippen LogP contribution in [0.5, 0.6) is 0 Å². The Bertz CT molecular complexity index is 1100. The van der Waals surface area contributed by atoms with Crippen LogP contribution in [-0.2, 0) is 24.3 Å². The van der Waals surface area contributed by atoms with Gasteiger partial charge in [-0.05, 0) is 36.8 Å². The molecule has 1 amide bonds. The van der Waals surface area contributed by atoms with Crippen LogP contribution in [0.4, 0.5) is 11.6 Å². The van der Waals surface area contributed by atoms with Crippen LogP contribution in [0.3, 0.4) is 0 Å². The molecule has 2 N–H and O–H groups in total. The van der Waals surface area contributed by atoms with Gasteiger partial charge >= 0.3 is 0 Å². The van der Waals surface area contributed by atoms with Crippen molar-refractivity contribution in [3.05, 3.63) is 47.0 Å². The highest BCUT2D eigenvalue weighted by molar-refractivity contribution is 6.01. The van der Waals surface area contributed by atoms with E-state index in [2.05, 4.69) is 55.6 Å². The lowest BCUT2D eigenvalue weighted by Gasteiger charge is -2.35. The van der Waals surface area contributed by atoms with E-state index in [1.54, 1.807) is 0 Å². The summed E-state index contributed by atoms with van der Waals surface area (Å²) in [7, 11) is 0. The van der Waals surface area contributed by atoms with Crippen LogP contribution < -0.4 is 10.2 Å². The third-order valence-electron chi connectivity index (χ3n) is 6.63. The van der Waals surface area contributed by atoms with Crippen molar-refractivity contribution in [3.63, 3.8) is 0 Å². The highest BCUT2D eigenvalue weighted by Gasteiger charge is 2.28. The van der Waals surface area contributed by atoms with E-state index in [4.69, 9.17) is 4.98 Å². The zero-order chi connectivity index (χ0) is 22.1. The molecule has 1 aromatic carbocycles. The van der Waals surface area contributed by atoms with Crippen LogP contribution in [-0.4, -0.2) is 45.6 Å². The topological polar surface area (TPSA) is 77.1 Å². The van der Waals surface area contributed by atoms with Gasteiger partial charge in [0.05, 0.1) is 5.39 Å². The van der Waals surface area contributed by atoms with E-state index in [0.29, 0.717) is 5.82 Å². The van der Waals surface area contributed by atoms with Gasteiger partial charge in [-0.1, -0.05) is 44.2 Å². The average Bonchev–Trinajstić information content (AvgIpc) is 3.22. The predicted molar refractivity (Wildman–Crippen MR) is 128 cm³/mol. The Morgan fingerprint density at radius 3 is 2.62 bits per heavy atom. The summed E-state index contributed by atoms with van der Waals surface area (Å²) < 4.78 is 0. The fourth-order valence-corrected chi connectivity index (χ4v) is 4.87. The number of piperidine rings is 1. The predicted octanol–water partition coefficient (Wildman–Crippen LogP) is 4.10. The molecular weight excluding hydrogens is 400 g/mol. The summed E-state index contributed by atoms with van der Waals surface area (Å²) in [5, 5.41) is 11.5. The maximum absolute atomic E-state index is 12.4. The maximum atomic E-state index is 12.4. The molecule has 2 aliphatic heterocycles. The number of pyridine rings is 1. The van der Waals surface area contributed by atoms with Gasteiger partial charge in [-0.25, -0.2) is 4.98 Å². The molecule has 0 unspecified atom stereocenters. The van der Waals surface area contributed by atoms with Crippen molar-refractivity contribution in [2.75, 3.05) is 29.9 Å². The van der Waals surface area contributed by atoms with Crippen molar-refractivity contribution < 1.29 is 4.79 Å². The number of rotatable bonds is 5. The molecule has 0 atom stereocenters. The number of carbonyl (C=O) groups excluding carboxylic acids is 1. The van der Waals surface area contributed by atoms with Gasteiger partial charge in [-0.15, -0.1) is 0 Å². The number of nitrogens with one attached hydrogen (secondary N) is 2. The van der Waals surface area contributed by atoms with Crippen molar-refractivity contribution in [3.8, 4) is 0 Å². The lowest BCUT2D eigenvalue weighted by molar-refractivity contribution is -0.118. The third-order valence-corrected chi connectivity index (χ3v) is 6.63. The first-order chi connectivity index (χ1) is 15.6. The first-order valence-electron chi connectivity index (χ1n) is 11.8. The van der Waals surface area contributed by atoms with Crippen LogP contribution in [0.2, 0.25) is 0 Å². The second kappa shape index (κ2) is 8.90. The minimum atomic E-state index is -0.0977. The minimum Gasteiger partial charge on any atom is -0.356 e. The second-order valence-corrected chi connectivity index (χ2v) is 9.33. The van der Waals surface area contributed by atoms with E-state index in [-0.39, 0.29) is 11.8 Å². The lowest BCUT2D eigenvalue weighted by atomic mass is 9.96. The van der Waals surface area contributed by atoms with Crippen molar-refractivity contribution in [2.24, 2.45) is 5.92 Å². The van der Waals surface area contributed by atoms with Gasteiger partial charge in [0.15, 0.2) is 11.5 Å². The largest absolute Gasteiger partial charge is 0.356 e. The van der Waals surface area contributed by atoms with E-state index < -0.39 is 0 Å². The van der Waals surface area contributed by atoms with Gasteiger partial charge in [0.25, 0.3) is 0 Å². The number of benzene rings is 1. The molecule has 4 heterocycles. The molecule has 1 saturated heterocycles. The molecule has 7 heteroatoms. The second-order valence-electron chi connectivity index (χ2n) is 9.33. The SMILES string of the molecule is CC(C)C(=O)Nc1n[nH]c2nc(N3CCCCC3)c3c(c12)CCN(Cc1ccccc1)C3. The summed E-state index contributed by atoms with van der Waals surface area (Å²) in [6.07, 6.45) is 4.63. The number of carbonyl (C=O) groups is 1. The summed E-state index contributed by atoms with van der Waals surface area (Å²) in [6, 6.07) is 10.7. The zero-order valence-corrected chi connectivity index (χ0v) is 19.0. The van der Waals surface area contributed by atoms with E-state index in [1.165, 1.54) is 36.0 Å². The number of nitrogens with zero attached hydrogens (tertiary/aromatic N) is 4. The molecule has 1 fully saturated rings. The van der Waals surface area contributed by atoms with E-state index in [1.807, 2.05) is 13.8 Å². The van der Waals surface area contributed by atoms with E-state index in [9.17, 15) is 4.79 Å². The van der Waals surface area contributed by atoms with Gasteiger partial charge in [0.1, 0.15) is 5.82 Å². The third kappa shape index (κ3) is 4.09. The fourth-order valence-electron chi connectivity index (χ4n) is 4.87. The Kier molecular flexibility index (Phi) is 5.83. The molecule has 2 aliphatic rings. The van der Waals surface area contributed by atoms with Crippen LogP contribution in [0.1, 0.15) is 49.8 Å². The molecule has 0 saturated carbocycles. The Balaban J connectivity index is 1.54. The van der Waals surface area contributed by atoms with Crippen LogP contribution in [0, 0.1) is 5.92 Å². The summed E-state index contributed by atoms with van der Waals surface area (Å²) >= 11 is 0. The molecule has 0 spiro atoms. The highest BCUT2D eigenvalue weighted by Crippen LogP contribution is 2.37. The van der Waals surface area contributed by atoms with E-state index in [0.717, 1.165) is 56.0 Å². The summed E-state index contributed by atoms with van der Waals surface area (Å²) in [6.45, 7) is 8.66. The van der Waals surface area contributed by atoms with Gasteiger partial charge < -0.3 is 10.2 Å². The number of hydrogen-bond donors (Lipinski definition) is 2. The smallest absolute Gasteiger partial charge is 0.228 e. The molecule has 5 rings (SSSR count). The first-order valence-corrected chi connectivity index (χ1v) is 11.8. The Labute approximate surface area is 189 Å². The summed E-state index contributed by atoms with van der Waals surface area (Å²) in [5.74, 6) is 1.59. The van der Waals surface area contributed by atoms with Gasteiger partial charge in [0.2, 0.25) is 5.91 Å². The number of amides is 1. The average molecular weight is 433 g/mol. The molecule has 168 valence electrons. The molecule has 0 bridgehead atoms. The number of anilines is 2. The molecule has 2 aromatic heterocycles. The normalized spacial score (nSPS) is 17.0. The Morgan fingerprint density at radius 2 is 1.88 bits per heavy atom. The highest BCUT2D eigenvalue weighted by atomic mass is 16.1. The molecule has 0 radical (unpaired) electrons. The summed E-state index contributed by atoms with van der Waals surface area (Å²) in [5.41, 5.74) is 4.69. The lowest BCUT2D eigenvalue weighted by Crippen LogP contribution is -2.35. The molecule has 7 nitrogen and oxygen atoms in total. The first kappa shape index (κ1) is 20.9. The number of fused-ring (bicyclic) bond motifs is 3. The Morgan fingerprint density at radius 1 is 1.09 bits per heavy atom. The maximum Gasteiger partial charge on any atom is 0.228 e. The van der Waals surface area contributed by atoms with Gasteiger partial charge in [-0.2, -0.15) is 5.10 Å². The Hall–Kier alpha value is -2.93. The van der Waals surface area contributed by atoms with E-state index >= 15 is 0 Å². The quantitative estimate of drug-likeness (QED) is 0.635. The summed E-state index contributed by atoms with van der Waals surface area (Å²) in [4.78, 5) is 22.4. The molecular formula is C25H32N6O. The monoisotopic (exact) mass is 432 g/mol. The van der Waals surface area contributed by atoms with Crippen molar-refractivity contribution in [2.45, 2.75) is 52.6 Å². The number of aromatic amines is 1. The molecule has 0 aliphatic carbocycles. The standard InChI is InChI=1S/C25H32N6O/c1-17(2)25(32)27-23-21-19-11-14-30(15-18-9-5-3-6-10-18)16-20(19)24(26-22(21)28-29-23)31-12-7-4-8-13-31/h3,5-6,9-10,17H,4,7-8,11-16H2,1-2H3,(H2,26,27,28,29,32). The fraction of sp³-hybridized carbons (Fsp3) is 0.480. The molecule has 32 heavy (non-hydrogen) atoms. The van der Waals surface area contributed by atoms with Crippen LogP contribution >= 0.6 is 0 Å². The van der Waals surface area contributed by atoms with Crippen molar-refractivity contribution in [1.29, 1.82) is 0 Å². The van der Waals surface area contributed by atoms with Gasteiger partial charge in [0, 0.05) is 44.2 Å². The number of hydrogen-bond acceptors (Lipinski definition) is 5. The number of aromatic nitrogens is 3. The number of H-pyrrole nitrogens is 1. The minimum absolute atomic E-state index is 0.0197. The van der Waals surface area contributed by atoms with Crippen LogP contribution in [0.25, 0.3) is 11.0 Å². The van der Waals surface area contributed by atoms with Crippen LogP contribution in [0.15, 0.2) is 30.3 Å². The van der Waals surface area contributed by atoms with Crippen molar-refractivity contribution >= 4 is 28.6 Å². The molecule has 3 aromatic rings. The van der Waals surface area contributed by atoms with Crippen molar-refractivity contribution in [1.82, 2.24) is 20.1 Å². The zero-order valence-electron chi connectivity index (χ0n) is 19.0.